The van der Waals surface area contributed by atoms with Crippen LogP contribution in [0.5, 0.6) is 11.5 Å². The van der Waals surface area contributed by atoms with E-state index in [-0.39, 0.29) is 24.1 Å². The molecule has 0 spiro atoms. The normalized spacial score (nSPS) is 13.9. The third-order valence-electron chi connectivity index (χ3n) is 3.76. The average Bonchev–Trinajstić information content (AvgIpc) is 3.29. The van der Waals surface area contributed by atoms with Gasteiger partial charge in [-0.3, -0.25) is 9.59 Å². The van der Waals surface area contributed by atoms with Crippen LogP contribution in [0.3, 0.4) is 0 Å². The first-order valence-corrected chi connectivity index (χ1v) is 9.02. The Bertz CT molecular complexity index is 1010. The van der Waals surface area contributed by atoms with Crippen LogP contribution in [0.25, 0.3) is 6.08 Å². The first-order valence-electron chi connectivity index (χ1n) is 8.14. The fraction of sp³-hybridized carbons (Fsp3) is 0.0500. The monoisotopic (exact) mass is 378 g/mol. The number of anilines is 1. The molecule has 7 heteroatoms. The number of carbonyl (C=O) groups excluding carboxylic acids is 2. The number of pyridine rings is 1. The second-order valence-electron chi connectivity index (χ2n) is 5.66. The van der Waals surface area contributed by atoms with E-state index < -0.39 is 0 Å². The van der Waals surface area contributed by atoms with Gasteiger partial charge in [-0.15, -0.1) is 11.3 Å². The summed E-state index contributed by atoms with van der Waals surface area (Å²) in [6.07, 6.45) is 3.31. The maximum Gasteiger partial charge on any atom is 0.263 e. The van der Waals surface area contributed by atoms with E-state index in [2.05, 4.69) is 10.3 Å². The highest BCUT2D eigenvalue weighted by atomic mass is 32.1. The van der Waals surface area contributed by atoms with Crippen LogP contribution >= 0.6 is 11.3 Å². The lowest BCUT2D eigenvalue weighted by molar-refractivity contribution is -0.118. The van der Waals surface area contributed by atoms with Crippen molar-refractivity contribution in [2.75, 3.05) is 11.9 Å². The van der Waals surface area contributed by atoms with E-state index in [0.29, 0.717) is 22.9 Å². The second-order valence-corrected chi connectivity index (χ2v) is 6.64. The quantitative estimate of drug-likeness (QED) is 0.684. The van der Waals surface area contributed by atoms with E-state index in [0.717, 1.165) is 4.88 Å². The minimum absolute atomic E-state index is 0.169. The summed E-state index contributed by atoms with van der Waals surface area (Å²) >= 11 is 1.52. The van der Waals surface area contributed by atoms with Crippen LogP contribution in [0.1, 0.15) is 15.2 Å². The topological polar surface area (TPSA) is 77.5 Å². The van der Waals surface area contributed by atoms with E-state index in [4.69, 9.17) is 9.47 Å². The number of benzene rings is 1. The number of fused-ring (bicyclic) bond motifs is 1. The summed E-state index contributed by atoms with van der Waals surface area (Å²) in [5.74, 6) is 1.10. The van der Waals surface area contributed by atoms with E-state index in [1.54, 1.807) is 48.7 Å². The molecule has 0 aliphatic carbocycles. The maximum atomic E-state index is 12.4. The molecule has 0 atom stereocenters. The third kappa shape index (κ3) is 3.88. The Kier molecular flexibility index (Phi) is 4.67. The average molecular weight is 378 g/mol. The van der Waals surface area contributed by atoms with Crippen molar-refractivity contribution in [2.24, 2.45) is 0 Å². The van der Waals surface area contributed by atoms with Crippen LogP contribution in [0.15, 0.2) is 65.9 Å². The van der Waals surface area contributed by atoms with Crippen molar-refractivity contribution < 1.29 is 19.1 Å². The number of hydrogen-bond donors (Lipinski definition) is 1. The van der Waals surface area contributed by atoms with Gasteiger partial charge in [0.1, 0.15) is 17.3 Å². The second kappa shape index (κ2) is 7.43. The molecule has 1 aliphatic rings. The molecule has 1 amide bonds. The molecular weight excluding hydrogens is 364 g/mol. The number of hydrogen-bond acceptors (Lipinski definition) is 6. The first kappa shape index (κ1) is 17.0. The Morgan fingerprint density at radius 2 is 2.15 bits per heavy atom. The Labute approximate surface area is 159 Å². The molecule has 0 fully saturated rings. The molecule has 3 heterocycles. The van der Waals surface area contributed by atoms with Crippen molar-refractivity contribution in [3.63, 3.8) is 0 Å². The van der Waals surface area contributed by atoms with E-state index in [1.807, 2.05) is 17.5 Å². The Balaban J connectivity index is 1.41. The summed E-state index contributed by atoms with van der Waals surface area (Å²) in [4.78, 5) is 29.3. The zero-order chi connectivity index (χ0) is 18.6. The lowest BCUT2D eigenvalue weighted by Gasteiger charge is -2.07. The van der Waals surface area contributed by atoms with Crippen molar-refractivity contribution in [3.05, 3.63) is 76.3 Å². The minimum atomic E-state index is -0.329. The van der Waals surface area contributed by atoms with Crippen molar-refractivity contribution in [3.8, 4) is 11.5 Å². The van der Waals surface area contributed by atoms with Crippen molar-refractivity contribution in [1.82, 2.24) is 4.98 Å². The van der Waals surface area contributed by atoms with Crippen molar-refractivity contribution in [2.45, 2.75) is 0 Å². The highest BCUT2D eigenvalue weighted by Gasteiger charge is 2.27. The van der Waals surface area contributed by atoms with Crippen LogP contribution in [0, 0.1) is 0 Å². The van der Waals surface area contributed by atoms with E-state index >= 15 is 0 Å². The predicted octanol–water partition coefficient (Wildman–Crippen LogP) is 3.78. The van der Waals surface area contributed by atoms with Gasteiger partial charge in [0.2, 0.25) is 5.78 Å². The molecular formula is C20H14N2O4S. The molecule has 134 valence electrons. The standard InChI is InChI=1S/C20H14N2O4S/c23-19(22-18-5-1-2-8-21-18)12-25-13-6-7-15-16(10-13)26-17(20(15)24)11-14-4-3-9-27-14/h1-11H,12H2,(H,21,22,23). The van der Waals surface area contributed by atoms with Crippen LogP contribution in [-0.2, 0) is 4.79 Å². The minimum Gasteiger partial charge on any atom is -0.484 e. The summed E-state index contributed by atoms with van der Waals surface area (Å²) in [7, 11) is 0. The van der Waals surface area contributed by atoms with Gasteiger partial charge in [0.05, 0.1) is 5.56 Å². The lowest BCUT2D eigenvalue weighted by atomic mass is 10.1. The summed E-state index contributed by atoms with van der Waals surface area (Å²) in [6.45, 7) is -0.179. The number of nitrogens with zero attached hydrogens (tertiary/aromatic N) is 1. The Morgan fingerprint density at radius 3 is 2.93 bits per heavy atom. The molecule has 3 aromatic rings. The molecule has 1 aromatic carbocycles. The largest absolute Gasteiger partial charge is 0.484 e. The molecule has 0 bridgehead atoms. The maximum absolute atomic E-state index is 12.4. The van der Waals surface area contributed by atoms with Crippen LogP contribution in [0.2, 0.25) is 0 Å². The first-order chi connectivity index (χ1) is 13.2. The third-order valence-corrected chi connectivity index (χ3v) is 4.58. The molecule has 27 heavy (non-hydrogen) atoms. The van der Waals surface area contributed by atoms with Crippen LogP contribution in [-0.4, -0.2) is 23.3 Å². The highest BCUT2D eigenvalue weighted by Crippen LogP contribution is 2.35. The number of thiophene rings is 1. The van der Waals surface area contributed by atoms with E-state index in [1.165, 1.54) is 11.3 Å². The number of carbonyl (C=O) groups is 2. The number of rotatable bonds is 5. The Hall–Kier alpha value is -3.45. The smallest absolute Gasteiger partial charge is 0.263 e. The van der Waals surface area contributed by atoms with Crippen LogP contribution < -0.4 is 14.8 Å². The van der Waals surface area contributed by atoms with Gasteiger partial charge < -0.3 is 14.8 Å². The Morgan fingerprint density at radius 1 is 1.22 bits per heavy atom. The van der Waals surface area contributed by atoms with Gasteiger partial charge in [-0.05, 0) is 35.7 Å². The number of ether oxygens (including phenoxy) is 2. The molecule has 6 nitrogen and oxygen atoms in total. The predicted molar refractivity (Wildman–Crippen MR) is 102 cm³/mol. The number of aromatic nitrogens is 1. The number of nitrogens with one attached hydrogen (secondary N) is 1. The van der Waals surface area contributed by atoms with Gasteiger partial charge in [0.25, 0.3) is 5.91 Å². The zero-order valence-corrected chi connectivity index (χ0v) is 14.9. The number of allylic oxidation sites excluding steroid dienone is 1. The number of amides is 1. The van der Waals surface area contributed by atoms with Gasteiger partial charge in [-0.2, -0.15) is 0 Å². The van der Waals surface area contributed by atoms with Gasteiger partial charge in [-0.25, -0.2) is 4.98 Å². The van der Waals surface area contributed by atoms with Gasteiger partial charge in [0, 0.05) is 23.2 Å². The summed E-state index contributed by atoms with van der Waals surface area (Å²) in [5, 5.41) is 4.57. The summed E-state index contributed by atoms with van der Waals surface area (Å²) < 4.78 is 11.2. The molecule has 1 N–H and O–H groups in total. The highest BCUT2D eigenvalue weighted by molar-refractivity contribution is 7.10. The molecule has 0 unspecified atom stereocenters. The van der Waals surface area contributed by atoms with Crippen molar-refractivity contribution >= 4 is 34.9 Å². The van der Waals surface area contributed by atoms with Crippen molar-refractivity contribution in [1.29, 1.82) is 0 Å². The molecule has 0 saturated heterocycles. The molecule has 0 saturated carbocycles. The zero-order valence-electron chi connectivity index (χ0n) is 14.0. The fourth-order valence-electron chi connectivity index (χ4n) is 2.52. The summed E-state index contributed by atoms with van der Waals surface area (Å²) in [5.41, 5.74) is 0.475. The van der Waals surface area contributed by atoms with Crippen LogP contribution in [0.4, 0.5) is 5.82 Å². The SMILES string of the molecule is O=C(COc1ccc2c(c1)OC(=Cc1cccs1)C2=O)Nc1ccccn1. The molecule has 4 rings (SSSR count). The molecule has 1 aliphatic heterocycles. The summed E-state index contributed by atoms with van der Waals surface area (Å²) in [6, 6.07) is 13.9. The number of ketones is 1. The van der Waals surface area contributed by atoms with E-state index in [9.17, 15) is 9.59 Å². The van der Waals surface area contributed by atoms with Gasteiger partial charge in [0.15, 0.2) is 12.4 Å². The number of Topliss-reactive ketones (excluding diaryl/α,β-unsaturated/α-hetero) is 1. The lowest BCUT2D eigenvalue weighted by Crippen LogP contribution is -2.20. The fourth-order valence-corrected chi connectivity index (χ4v) is 3.17. The van der Waals surface area contributed by atoms with Gasteiger partial charge in [-0.1, -0.05) is 12.1 Å². The van der Waals surface area contributed by atoms with Gasteiger partial charge >= 0.3 is 0 Å². The molecule has 2 aromatic heterocycles. The molecule has 0 radical (unpaired) electrons.